The molecule has 1 heterocycles. The van der Waals surface area contributed by atoms with Gasteiger partial charge in [0.2, 0.25) is 5.91 Å². The molecule has 110 valence electrons. The molecule has 0 aliphatic carbocycles. The number of hydrogen-bond donors (Lipinski definition) is 3. The van der Waals surface area contributed by atoms with Crippen molar-refractivity contribution in [1.82, 2.24) is 16.0 Å². The summed E-state index contributed by atoms with van der Waals surface area (Å²) in [6, 6.07) is 1.84. The van der Waals surface area contributed by atoms with Crippen molar-refractivity contribution in [3.05, 3.63) is 11.8 Å². The van der Waals surface area contributed by atoms with Gasteiger partial charge in [0, 0.05) is 39.4 Å². The number of carbonyl (C=O) groups excluding carboxylic acids is 2. The number of hydrogen-bond acceptors (Lipinski definition) is 5. The second-order valence-electron chi connectivity index (χ2n) is 4.45. The van der Waals surface area contributed by atoms with Crippen molar-refractivity contribution in [2.45, 2.75) is 25.9 Å². The van der Waals surface area contributed by atoms with Crippen molar-refractivity contribution in [2.24, 2.45) is 0 Å². The van der Waals surface area contributed by atoms with Crippen LogP contribution < -0.4 is 16.0 Å². The standard InChI is InChI=1S/C13H20N4O3/c1-10(18)16-5-4-15-8-11(7-14)13(19)17-9-12-3-2-6-20-12/h8,12,15H,2-6,9H2,1H3,(H,16,18)(H,17,19)/b11-8-. The van der Waals surface area contributed by atoms with E-state index in [9.17, 15) is 9.59 Å². The van der Waals surface area contributed by atoms with Gasteiger partial charge in [0.1, 0.15) is 11.6 Å². The van der Waals surface area contributed by atoms with Gasteiger partial charge in [-0.3, -0.25) is 9.59 Å². The first-order chi connectivity index (χ1) is 9.63. The molecule has 20 heavy (non-hydrogen) atoms. The number of nitriles is 1. The highest BCUT2D eigenvalue weighted by Gasteiger charge is 2.17. The van der Waals surface area contributed by atoms with Crippen molar-refractivity contribution >= 4 is 11.8 Å². The summed E-state index contributed by atoms with van der Waals surface area (Å²) >= 11 is 0. The van der Waals surface area contributed by atoms with Gasteiger partial charge in [0.05, 0.1) is 6.10 Å². The Labute approximate surface area is 118 Å². The van der Waals surface area contributed by atoms with Gasteiger partial charge in [0.15, 0.2) is 0 Å². The Morgan fingerprint density at radius 3 is 2.80 bits per heavy atom. The summed E-state index contributed by atoms with van der Waals surface area (Å²) in [5.74, 6) is -0.541. The molecule has 1 saturated heterocycles. The molecule has 7 nitrogen and oxygen atoms in total. The van der Waals surface area contributed by atoms with E-state index < -0.39 is 5.91 Å². The Morgan fingerprint density at radius 2 is 2.20 bits per heavy atom. The Bertz CT molecular complexity index is 408. The molecule has 0 radical (unpaired) electrons. The molecule has 1 unspecified atom stereocenters. The van der Waals surface area contributed by atoms with E-state index in [0.29, 0.717) is 19.6 Å². The van der Waals surface area contributed by atoms with Gasteiger partial charge in [-0.15, -0.1) is 0 Å². The summed E-state index contributed by atoms with van der Waals surface area (Å²) in [6.07, 6.45) is 3.34. The summed E-state index contributed by atoms with van der Waals surface area (Å²) in [6.45, 7) is 3.46. The van der Waals surface area contributed by atoms with Gasteiger partial charge in [-0.2, -0.15) is 5.26 Å². The van der Waals surface area contributed by atoms with Gasteiger partial charge in [-0.1, -0.05) is 0 Å². The zero-order chi connectivity index (χ0) is 14.8. The van der Waals surface area contributed by atoms with Crippen LogP contribution in [0.15, 0.2) is 11.8 Å². The summed E-state index contributed by atoms with van der Waals surface area (Å²) in [5.41, 5.74) is 0.00539. The van der Waals surface area contributed by atoms with Crippen molar-refractivity contribution in [2.75, 3.05) is 26.2 Å². The molecule has 2 amide bonds. The van der Waals surface area contributed by atoms with Crippen molar-refractivity contribution in [1.29, 1.82) is 5.26 Å². The number of nitrogens with zero attached hydrogens (tertiary/aromatic N) is 1. The third-order valence-corrected chi connectivity index (χ3v) is 2.77. The lowest BCUT2D eigenvalue weighted by Crippen LogP contribution is -2.33. The second-order valence-corrected chi connectivity index (χ2v) is 4.45. The monoisotopic (exact) mass is 280 g/mol. The van der Waals surface area contributed by atoms with Crippen LogP contribution in [0.1, 0.15) is 19.8 Å². The first-order valence-electron chi connectivity index (χ1n) is 6.61. The van der Waals surface area contributed by atoms with Gasteiger partial charge < -0.3 is 20.7 Å². The zero-order valence-corrected chi connectivity index (χ0v) is 11.6. The highest BCUT2D eigenvalue weighted by atomic mass is 16.5. The molecule has 0 aromatic rings. The van der Waals surface area contributed by atoms with E-state index >= 15 is 0 Å². The minimum absolute atomic E-state index is 0.00539. The quantitative estimate of drug-likeness (QED) is 0.329. The number of ether oxygens (including phenoxy) is 1. The maximum Gasteiger partial charge on any atom is 0.263 e. The van der Waals surface area contributed by atoms with Gasteiger partial charge in [-0.25, -0.2) is 0 Å². The maximum atomic E-state index is 11.7. The van der Waals surface area contributed by atoms with Crippen LogP contribution in [0.2, 0.25) is 0 Å². The first kappa shape index (κ1) is 16.0. The topological polar surface area (TPSA) is 103 Å². The molecule has 1 fully saturated rings. The Kier molecular flexibility index (Phi) is 7.14. The van der Waals surface area contributed by atoms with E-state index in [1.54, 1.807) is 0 Å². The lowest BCUT2D eigenvalue weighted by molar-refractivity contribution is -0.119. The number of carbonyl (C=O) groups is 2. The SMILES string of the molecule is CC(=O)NCCN/C=C(/C#N)C(=O)NCC1CCCO1. The van der Waals surface area contributed by atoms with Crippen molar-refractivity contribution < 1.29 is 14.3 Å². The average molecular weight is 280 g/mol. The molecule has 1 rings (SSSR count). The lowest BCUT2D eigenvalue weighted by atomic mass is 10.2. The van der Waals surface area contributed by atoms with E-state index in [0.717, 1.165) is 19.4 Å². The van der Waals surface area contributed by atoms with Crippen LogP contribution in [-0.4, -0.2) is 44.2 Å². The summed E-state index contributed by atoms with van der Waals surface area (Å²) in [4.78, 5) is 22.4. The van der Waals surface area contributed by atoms with E-state index in [-0.39, 0.29) is 17.6 Å². The van der Waals surface area contributed by atoms with E-state index in [4.69, 9.17) is 10.00 Å². The van der Waals surface area contributed by atoms with Crippen molar-refractivity contribution in [3.63, 3.8) is 0 Å². The molecule has 3 N–H and O–H groups in total. The average Bonchev–Trinajstić information content (AvgIpc) is 2.93. The predicted octanol–water partition coefficient (Wildman–Crippen LogP) is -0.585. The minimum atomic E-state index is -0.421. The Hall–Kier alpha value is -2.07. The van der Waals surface area contributed by atoms with Crippen LogP contribution >= 0.6 is 0 Å². The maximum absolute atomic E-state index is 11.7. The fraction of sp³-hybridized carbons (Fsp3) is 0.615. The van der Waals surface area contributed by atoms with Crippen LogP contribution in [0.5, 0.6) is 0 Å². The largest absolute Gasteiger partial charge is 0.388 e. The third kappa shape index (κ3) is 6.20. The Morgan fingerprint density at radius 1 is 1.40 bits per heavy atom. The molecule has 0 spiro atoms. The third-order valence-electron chi connectivity index (χ3n) is 2.77. The summed E-state index contributed by atoms with van der Waals surface area (Å²) in [7, 11) is 0. The molecular formula is C13H20N4O3. The molecule has 1 aliphatic heterocycles. The van der Waals surface area contributed by atoms with Crippen LogP contribution in [-0.2, 0) is 14.3 Å². The normalized spacial score (nSPS) is 18.2. The van der Waals surface area contributed by atoms with Gasteiger partial charge in [0.25, 0.3) is 5.91 Å². The number of amides is 2. The molecule has 0 bridgehead atoms. The minimum Gasteiger partial charge on any atom is -0.388 e. The highest BCUT2D eigenvalue weighted by molar-refractivity contribution is 5.97. The van der Waals surface area contributed by atoms with E-state index in [1.807, 2.05) is 6.07 Å². The van der Waals surface area contributed by atoms with Gasteiger partial charge >= 0.3 is 0 Å². The molecule has 0 aromatic heterocycles. The van der Waals surface area contributed by atoms with Crippen LogP contribution in [0.3, 0.4) is 0 Å². The second kappa shape index (κ2) is 8.93. The first-order valence-corrected chi connectivity index (χ1v) is 6.61. The fourth-order valence-corrected chi connectivity index (χ4v) is 1.74. The zero-order valence-electron chi connectivity index (χ0n) is 11.6. The highest BCUT2D eigenvalue weighted by Crippen LogP contribution is 2.10. The fourth-order valence-electron chi connectivity index (χ4n) is 1.74. The molecule has 0 saturated carbocycles. The molecule has 0 aromatic carbocycles. The molecule has 1 atom stereocenters. The van der Waals surface area contributed by atoms with Gasteiger partial charge in [-0.05, 0) is 12.8 Å². The number of rotatable bonds is 7. The number of nitrogens with one attached hydrogen (secondary N) is 3. The molecule has 1 aliphatic rings. The lowest BCUT2D eigenvalue weighted by Gasteiger charge is -2.10. The smallest absolute Gasteiger partial charge is 0.263 e. The van der Waals surface area contributed by atoms with Crippen LogP contribution in [0, 0.1) is 11.3 Å². The summed E-state index contributed by atoms with van der Waals surface area (Å²) < 4.78 is 5.38. The predicted molar refractivity (Wildman–Crippen MR) is 72.4 cm³/mol. The summed E-state index contributed by atoms with van der Waals surface area (Å²) in [5, 5.41) is 17.0. The van der Waals surface area contributed by atoms with Crippen LogP contribution in [0.4, 0.5) is 0 Å². The van der Waals surface area contributed by atoms with E-state index in [2.05, 4.69) is 16.0 Å². The van der Waals surface area contributed by atoms with E-state index in [1.165, 1.54) is 13.1 Å². The van der Waals surface area contributed by atoms with Crippen molar-refractivity contribution in [3.8, 4) is 6.07 Å². The molecule has 7 heteroatoms. The molecular weight excluding hydrogens is 260 g/mol. The Balaban J connectivity index is 2.26. The van der Waals surface area contributed by atoms with Crippen LogP contribution in [0.25, 0.3) is 0 Å².